The smallest absolute Gasteiger partial charge is 0.0241 e. The van der Waals surface area contributed by atoms with Crippen molar-refractivity contribution in [2.45, 2.75) is 58.4 Å². The van der Waals surface area contributed by atoms with E-state index in [0.717, 1.165) is 30.2 Å². The summed E-state index contributed by atoms with van der Waals surface area (Å²) in [5, 5.41) is 0. The topological polar surface area (TPSA) is 29.3 Å². The highest BCUT2D eigenvalue weighted by molar-refractivity contribution is 4.92. The Labute approximate surface area is 113 Å². The first-order valence-corrected chi connectivity index (χ1v) is 8.06. The molecule has 2 aliphatic rings. The fourth-order valence-corrected chi connectivity index (χ4v) is 4.60. The normalized spacial score (nSPS) is 34.2. The predicted octanol–water partition coefficient (Wildman–Crippen LogP) is 3.12. The van der Waals surface area contributed by atoms with Gasteiger partial charge in [-0.1, -0.05) is 26.7 Å². The van der Waals surface area contributed by atoms with Gasteiger partial charge in [-0.05, 0) is 56.4 Å². The molecule has 5 unspecified atom stereocenters. The molecule has 0 amide bonds. The summed E-state index contributed by atoms with van der Waals surface area (Å²) in [6, 6.07) is 0.587. The van der Waals surface area contributed by atoms with Gasteiger partial charge in [0.1, 0.15) is 0 Å². The molecule has 0 aliphatic heterocycles. The summed E-state index contributed by atoms with van der Waals surface area (Å²) in [4.78, 5) is 2.58. The number of nitrogens with two attached hydrogens (primary N) is 1. The first-order valence-electron chi connectivity index (χ1n) is 8.06. The van der Waals surface area contributed by atoms with E-state index < -0.39 is 0 Å². The van der Waals surface area contributed by atoms with Gasteiger partial charge in [0.25, 0.3) is 0 Å². The van der Waals surface area contributed by atoms with E-state index in [1.807, 2.05) is 0 Å². The summed E-state index contributed by atoms with van der Waals surface area (Å²) in [6.07, 6.45) is 8.62. The molecule has 2 heteroatoms. The molecule has 2 fully saturated rings. The Kier molecular flexibility index (Phi) is 5.08. The van der Waals surface area contributed by atoms with Gasteiger partial charge in [0.05, 0.1) is 0 Å². The number of rotatable bonds is 7. The lowest BCUT2D eigenvalue weighted by atomic mass is 9.87. The highest BCUT2D eigenvalue weighted by Crippen LogP contribution is 2.48. The molecule has 2 saturated carbocycles. The third-order valence-corrected chi connectivity index (χ3v) is 5.62. The molecule has 0 spiro atoms. The predicted molar refractivity (Wildman–Crippen MR) is 78.5 cm³/mol. The molecule has 0 aromatic rings. The fraction of sp³-hybridized carbons (Fsp3) is 1.00. The Morgan fingerprint density at radius 2 is 2.06 bits per heavy atom. The molecule has 106 valence electrons. The van der Waals surface area contributed by atoms with Crippen LogP contribution in [0.2, 0.25) is 0 Å². The largest absolute Gasteiger partial charge is 0.329 e. The van der Waals surface area contributed by atoms with Crippen LogP contribution >= 0.6 is 0 Å². The van der Waals surface area contributed by atoms with Crippen LogP contribution in [0.4, 0.5) is 0 Å². The number of hydrogen-bond acceptors (Lipinski definition) is 2. The van der Waals surface area contributed by atoms with Crippen molar-refractivity contribution in [2.24, 2.45) is 29.4 Å². The van der Waals surface area contributed by atoms with Gasteiger partial charge in [0, 0.05) is 19.1 Å². The quantitative estimate of drug-likeness (QED) is 0.754. The fourth-order valence-electron chi connectivity index (χ4n) is 4.60. The van der Waals surface area contributed by atoms with Gasteiger partial charge in [0.15, 0.2) is 0 Å². The third-order valence-electron chi connectivity index (χ3n) is 5.62. The van der Waals surface area contributed by atoms with E-state index in [1.165, 1.54) is 45.1 Å². The Bertz CT molecular complexity index is 253. The Balaban J connectivity index is 1.83. The molecule has 18 heavy (non-hydrogen) atoms. The summed E-state index contributed by atoms with van der Waals surface area (Å²) < 4.78 is 0. The Hall–Kier alpha value is -0.0800. The van der Waals surface area contributed by atoms with E-state index >= 15 is 0 Å². The zero-order chi connectivity index (χ0) is 13.1. The Morgan fingerprint density at radius 3 is 2.56 bits per heavy atom. The molecule has 0 heterocycles. The van der Waals surface area contributed by atoms with Crippen molar-refractivity contribution in [2.75, 3.05) is 20.1 Å². The molecular formula is C16H32N2. The van der Waals surface area contributed by atoms with Crippen LogP contribution in [-0.4, -0.2) is 31.1 Å². The average molecular weight is 252 g/mol. The number of nitrogens with zero attached hydrogens (tertiary/aromatic N) is 1. The van der Waals surface area contributed by atoms with Crippen molar-refractivity contribution in [1.82, 2.24) is 4.90 Å². The molecule has 2 N–H and O–H groups in total. The van der Waals surface area contributed by atoms with Crippen molar-refractivity contribution < 1.29 is 0 Å². The molecule has 0 radical (unpaired) electrons. The van der Waals surface area contributed by atoms with Gasteiger partial charge < -0.3 is 10.6 Å². The minimum absolute atomic E-state index is 0.587. The van der Waals surface area contributed by atoms with Crippen molar-refractivity contribution in [3.8, 4) is 0 Å². The standard InChI is InChI=1S/C16H32N2/c1-4-5-12(2)16(10-17)18(3)11-15-9-13-6-7-14(15)8-13/h12-16H,4-11,17H2,1-3H3. The monoisotopic (exact) mass is 252 g/mol. The summed E-state index contributed by atoms with van der Waals surface area (Å²) >= 11 is 0. The molecule has 2 nitrogen and oxygen atoms in total. The van der Waals surface area contributed by atoms with E-state index in [9.17, 15) is 0 Å². The molecule has 2 bridgehead atoms. The van der Waals surface area contributed by atoms with E-state index in [1.54, 1.807) is 0 Å². The molecule has 0 aromatic carbocycles. The molecular weight excluding hydrogens is 220 g/mol. The summed E-state index contributed by atoms with van der Waals surface area (Å²) in [5.41, 5.74) is 6.01. The van der Waals surface area contributed by atoms with Crippen molar-refractivity contribution >= 4 is 0 Å². The minimum Gasteiger partial charge on any atom is -0.329 e. The van der Waals surface area contributed by atoms with E-state index in [2.05, 4.69) is 25.8 Å². The number of likely N-dealkylation sites (N-methyl/N-ethyl adjacent to an activating group) is 1. The second-order valence-corrected chi connectivity index (χ2v) is 6.94. The van der Waals surface area contributed by atoms with Gasteiger partial charge in [-0.2, -0.15) is 0 Å². The van der Waals surface area contributed by atoms with Crippen molar-refractivity contribution in [1.29, 1.82) is 0 Å². The lowest BCUT2D eigenvalue weighted by Crippen LogP contribution is -2.45. The number of hydrogen-bond donors (Lipinski definition) is 1. The Morgan fingerprint density at radius 1 is 1.28 bits per heavy atom. The second kappa shape index (κ2) is 6.38. The molecule has 2 aliphatic carbocycles. The molecule has 2 rings (SSSR count). The van der Waals surface area contributed by atoms with E-state index in [-0.39, 0.29) is 0 Å². The zero-order valence-electron chi connectivity index (χ0n) is 12.6. The summed E-state index contributed by atoms with van der Waals surface area (Å²) in [5.74, 6) is 3.82. The lowest BCUT2D eigenvalue weighted by Gasteiger charge is -2.35. The molecule has 0 saturated heterocycles. The van der Waals surface area contributed by atoms with Crippen LogP contribution in [0.25, 0.3) is 0 Å². The van der Waals surface area contributed by atoms with Crippen molar-refractivity contribution in [3.05, 3.63) is 0 Å². The maximum absolute atomic E-state index is 6.01. The summed E-state index contributed by atoms with van der Waals surface area (Å²) in [7, 11) is 2.30. The van der Waals surface area contributed by atoms with Crippen LogP contribution in [0.1, 0.15) is 52.4 Å². The van der Waals surface area contributed by atoms with Gasteiger partial charge >= 0.3 is 0 Å². The average Bonchev–Trinajstić information content (AvgIpc) is 2.92. The molecule has 5 atom stereocenters. The van der Waals surface area contributed by atoms with Gasteiger partial charge in [-0.25, -0.2) is 0 Å². The maximum Gasteiger partial charge on any atom is 0.0241 e. The first-order chi connectivity index (χ1) is 8.65. The SMILES string of the molecule is CCCC(C)C(CN)N(C)CC1CC2CCC1C2. The first kappa shape index (κ1) is 14.3. The summed E-state index contributed by atoms with van der Waals surface area (Å²) in [6.45, 7) is 6.76. The minimum atomic E-state index is 0.587. The van der Waals surface area contributed by atoms with Crippen LogP contribution in [0.5, 0.6) is 0 Å². The lowest BCUT2D eigenvalue weighted by molar-refractivity contribution is 0.137. The van der Waals surface area contributed by atoms with Gasteiger partial charge in [-0.15, -0.1) is 0 Å². The van der Waals surface area contributed by atoms with Crippen LogP contribution < -0.4 is 5.73 Å². The van der Waals surface area contributed by atoms with Crippen molar-refractivity contribution in [3.63, 3.8) is 0 Å². The highest BCUT2D eigenvalue weighted by Gasteiger charge is 2.40. The number of fused-ring (bicyclic) bond motifs is 2. The van der Waals surface area contributed by atoms with E-state index in [4.69, 9.17) is 5.73 Å². The van der Waals surface area contributed by atoms with Crippen LogP contribution in [0.3, 0.4) is 0 Å². The highest BCUT2D eigenvalue weighted by atomic mass is 15.1. The van der Waals surface area contributed by atoms with Gasteiger partial charge in [0.2, 0.25) is 0 Å². The molecule has 0 aromatic heterocycles. The third kappa shape index (κ3) is 3.08. The second-order valence-electron chi connectivity index (χ2n) is 6.94. The van der Waals surface area contributed by atoms with E-state index in [0.29, 0.717) is 6.04 Å². The maximum atomic E-state index is 6.01. The zero-order valence-corrected chi connectivity index (χ0v) is 12.6. The van der Waals surface area contributed by atoms with Crippen LogP contribution in [0.15, 0.2) is 0 Å². The van der Waals surface area contributed by atoms with Crippen LogP contribution in [-0.2, 0) is 0 Å². The van der Waals surface area contributed by atoms with Gasteiger partial charge in [-0.3, -0.25) is 0 Å². The van der Waals surface area contributed by atoms with Crippen LogP contribution in [0, 0.1) is 23.7 Å².